The van der Waals surface area contributed by atoms with Crippen molar-refractivity contribution < 1.29 is 8.42 Å². The van der Waals surface area contributed by atoms with E-state index in [0.29, 0.717) is 5.69 Å². The molecule has 1 aromatic carbocycles. The Kier molecular flexibility index (Phi) is 3.84. The lowest BCUT2D eigenvalue weighted by atomic mass is 10.1. The zero-order valence-electron chi connectivity index (χ0n) is 10.7. The summed E-state index contributed by atoms with van der Waals surface area (Å²) in [4.78, 5) is 0. The molecule has 0 amide bonds. The number of benzene rings is 1. The molecule has 0 fully saturated rings. The topological polar surface area (TPSA) is 72.2 Å². The van der Waals surface area contributed by atoms with Crippen molar-refractivity contribution in [3.8, 4) is 0 Å². The summed E-state index contributed by atoms with van der Waals surface area (Å²) in [6.07, 6.45) is 0. The van der Waals surface area contributed by atoms with Gasteiger partial charge in [-0.05, 0) is 45.4 Å². The first-order valence-corrected chi connectivity index (χ1v) is 6.99. The molecule has 0 saturated heterocycles. The van der Waals surface area contributed by atoms with E-state index in [9.17, 15) is 8.42 Å². The van der Waals surface area contributed by atoms with Gasteiger partial charge >= 0.3 is 0 Å². The van der Waals surface area contributed by atoms with Crippen LogP contribution < -0.4 is 10.5 Å². The Labute approximate surface area is 103 Å². The highest BCUT2D eigenvalue weighted by molar-refractivity contribution is 7.90. The number of hydrogen-bond acceptors (Lipinski definition) is 3. The Bertz CT molecular complexity index is 472. The lowest BCUT2D eigenvalue weighted by Gasteiger charge is -2.23. The van der Waals surface area contributed by atoms with Gasteiger partial charge in [0.2, 0.25) is 10.0 Å². The summed E-state index contributed by atoms with van der Waals surface area (Å²) in [5.41, 5.74) is 7.15. The van der Waals surface area contributed by atoms with Gasteiger partial charge in [-0.1, -0.05) is 12.1 Å². The van der Waals surface area contributed by atoms with Gasteiger partial charge in [0.05, 0.1) is 4.75 Å². The number of sulfonamides is 1. The lowest BCUT2D eigenvalue weighted by Crippen LogP contribution is -2.40. The fourth-order valence-corrected chi connectivity index (χ4v) is 2.22. The van der Waals surface area contributed by atoms with Crippen LogP contribution in [-0.4, -0.2) is 13.2 Å². The van der Waals surface area contributed by atoms with Crippen molar-refractivity contribution in [1.29, 1.82) is 0 Å². The second kappa shape index (κ2) is 4.66. The first kappa shape index (κ1) is 14.0. The van der Waals surface area contributed by atoms with Gasteiger partial charge in [-0.3, -0.25) is 0 Å². The highest BCUT2D eigenvalue weighted by Crippen LogP contribution is 2.20. The van der Waals surface area contributed by atoms with Crippen molar-refractivity contribution in [3.05, 3.63) is 29.8 Å². The summed E-state index contributed by atoms with van der Waals surface area (Å²) in [5.74, 6) is 0. The third-order valence-electron chi connectivity index (χ3n) is 2.57. The maximum absolute atomic E-state index is 12.0. The minimum Gasteiger partial charge on any atom is -0.399 e. The third-order valence-corrected chi connectivity index (χ3v) is 4.85. The molecule has 1 atom stereocenters. The van der Waals surface area contributed by atoms with Crippen LogP contribution in [0.2, 0.25) is 0 Å². The molecule has 1 rings (SSSR count). The summed E-state index contributed by atoms with van der Waals surface area (Å²) in [6, 6.07) is 6.91. The van der Waals surface area contributed by atoms with Gasteiger partial charge in [0.15, 0.2) is 0 Å². The molecule has 5 heteroatoms. The van der Waals surface area contributed by atoms with E-state index in [1.807, 2.05) is 19.1 Å². The van der Waals surface area contributed by atoms with Crippen molar-refractivity contribution >= 4 is 15.7 Å². The minimum absolute atomic E-state index is 0.264. The van der Waals surface area contributed by atoms with E-state index < -0.39 is 14.8 Å². The van der Waals surface area contributed by atoms with Crippen molar-refractivity contribution in [3.63, 3.8) is 0 Å². The Morgan fingerprint density at radius 3 is 2.06 bits per heavy atom. The average Bonchev–Trinajstić information content (AvgIpc) is 2.16. The summed E-state index contributed by atoms with van der Waals surface area (Å²) in [6.45, 7) is 6.83. The molecule has 0 spiro atoms. The Morgan fingerprint density at radius 2 is 1.65 bits per heavy atom. The average molecular weight is 256 g/mol. The maximum Gasteiger partial charge on any atom is 0.217 e. The van der Waals surface area contributed by atoms with Gasteiger partial charge in [0.25, 0.3) is 0 Å². The predicted molar refractivity (Wildman–Crippen MR) is 71.1 cm³/mol. The normalized spacial score (nSPS) is 14.6. The third kappa shape index (κ3) is 3.44. The summed E-state index contributed by atoms with van der Waals surface area (Å²) in [5, 5.41) is 0. The Balaban J connectivity index is 2.87. The van der Waals surface area contributed by atoms with Crippen LogP contribution in [0.3, 0.4) is 0 Å². The van der Waals surface area contributed by atoms with Crippen LogP contribution in [0.4, 0.5) is 5.69 Å². The SMILES string of the molecule is CC(NS(=O)(=O)C(C)(C)C)c1ccc(N)cc1. The molecule has 3 N–H and O–H groups in total. The molecular formula is C12H20N2O2S. The van der Waals surface area contributed by atoms with Crippen LogP contribution in [0.15, 0.2) is 24.3 Å². The van der Waals surface area contributed by atoms with Crippen molar-refractivity contribution in [2.75, 3.05) is 5.73 Å². The minimum atomic E-state index is -3.34. The van der Waals surface area contributed by atoms with Crippen LogP contribution in [0.5, 0.6) is 0 Å². The molecule has 0 heterocycles. The number of nitrogen functional groups attached to an aromatic ring is 1. The van der Waals surface area contributed by atoms with Gasteiger partial charge in [-0.2, -0.15) is 0 Å². The van der Waals surface area contributed by atoms with E-state index in [2.05, 4.69) is 4.72 Å². The first-order valence-electron chi connectivity index (χ1n) is 5.51. The molecule has 1 unspecified atom stereocenters. The van der Waals surface area contributed by atoms with Gasteiger partial charge in [0.1, 0.15) is 0 Å². The van der Waals surface area contributed by atoms with Crippen molar-refractivity contribution in [2.24, 2.45) is 0 Å². The Hall–Kier alpha value is -1.07. The van der Waals surface area contributed by atoms with Gasteiger partial charge in [-0.25, -0.2) is 13.1 Å². The van der Waals surface area contributed by atoms with Gasteiger partial charge in [-0.15, -0.1) is 0 Å². The highest BCUT2D eigenvalue weighted by Gasteiger charge is 2.30. The number of nitrogens with one attached hydrogen (secondary N) is 1. The molecule has 0 aliphatic carbocycles. The zero-order chi connectivity index (χ0) is 13.3. The summed E-state index contributed by atoms with van der Waals surface area (Å²) in [7, 11) is -3.34. The summed E-state index contributed by atoms with van der Waals surface area (Å²) >= 11 is 0. The zero-order valence-corrected chi connectivity index (χ0v) is 11.5. The van der Waals surface area contributed by atoms with Crippen LogP contribution in [0.25, 0.3) is 0 Å². The van der Waals surface area contributed by atoms with Crippen LogP contribution in [-0.2, 0) is 10.0 Å². The molecule has 0 aliphatic rings. The highest BCUT2D eigenvalue weighted by atomic mass is 32.2. The number of rotatable bonds is 3. The second-order valence-electron chi connectivity index (χ2n) is 5.12. The van der Waals surface area contributed by atoms with Crippen LogP contribution in [0.1, 0.15) is 39.3 Å². The van der Waals surface area contributed by atoms with Crippen molar-refractivity contribution in [2.45, 2.75) is 38.5 Å². The molecule has 0 aliphatic heterocycles. The van der Waals surface area contributed by atoms with E-state index in [4.69, 9.17) is 5.73 Å². The standard InChI is InChI=1S/C12H20N2O2S/c1-9(10-5-7-11(13)8-6-10)14-17(15,16)12(2,3)4/h5-9,14H,13H2,1-4H3. The quantitative estimate of drug-likeness (QED) is 0.813. The molecule has 4 nitrogen and oxygen atoms in total. The van der Waals surface area contributed by atoms with E-state index in [0.717, 1.165) is 5.56 Å². The largest absolute Gasteiger partial charge is 0.399 e. The van der Waals surface area contributed by atoms with E-state index in [1.165, 1.54) is 0 Å². The van der Waals surface area contributed by atoms with Crippen molar-refractivity contribution in [1.82, 2.24) is 4.72 Å². The monoisotopic (exact) mass is 256 g/mol. The molecule has 0 saturated carbocycles. The second-order valence-corrected chi connectivity index (χ2v) is 7.59. The number of nitrogens with two attached hydrogens (primary N) is 1. The number of hydrogen-bond donors (Lipinski definition) is 2. The smallest absolute Gasteiger partial charge is 0.217 e. The summed E-state index contributed by atoms with van der Waals surface area (Å²) < 4.78 is 25.8. The van der Waals surface area contributed by atoms with E-state index >= 15 is 0 Å². The fourth-order valence-electron chi connectivity index (χ4n) is 1.26. The van der Waals surface area contributed by atoms with Gasteiger partial charge < -0.3 is 5.73 Å². The van der Waals surface area contributed by atoms with Crippen LogP contribution in [0, 0.1) is 0 Å². The fraction of sp³-hybridized carbons (Fsp3) is 0.500. The van der Waals surface area contributed by atoms with E-state index in [1.54, 1.807) is 32.9 Å². The molecule has 96 valence electrons. The molecular weight excluding hydrogens is 236 g/mol. The first-order chi connectivity index (χ1) is 7.63. The molecule has 0 bridgehead atoms. The lowest BCUT2D eigenvalue weighted by molar-refractivity contribution is 0.532. The predicted octanol–water partition coefficient (Wildman–Crippen LogP) is 2.05. The molecule has 0 aromatic heterocycles. The van der Waals surface area contributed by atoms with Gasteiger partial charge in [0, 0.05) is 11.7 Å². The Morgan fingerprint density at radius 1 is 1.18 bits per heavy atom. The molecule has 1 aromatic rings. The van der Waals surface area contributed by atoms with E-state index in [-0.39, 0.29) is 6.04 Å². The molecule has 17 heavy (non-hydrogen) atoms. The van der Waals surface area contributed by atoms with Crippen LogP contribution >= 0.6 is 0 Å². The number of anilines is 1. The molecule has 0 radical (unpaired) electrons. The maximum atomic E-state index is 12.0.